The number of ether oxygens (including phenoxy) is 1. The van der Waals surface area contributed by atoms with E-state index in [0.29, 0.717) is 10.2 Å². The summed E-state index contributed by atoms with van der Waals surface area (Å²) in [6, 6.07) is 13.4. The van der Waals surface area contributed by atoms with Crippen LogP contribution in [0.2, 0.25) is 0 Å². The average molecular weight is 364 g/mol. The quantitative estimate of drug-likeness (QED) is 0.848. The number of anilines is 1. The number of hydrogen-bond acceptors (Lipinski definition) is 4. The van der Waals surface area contributed by atoms with Crippen molar-refractivity contribution in [2.45, 2.75) is 0 Å². The predicted octanol–water partition coefficient (Wildman–Crippen LogP) is 2.97. The minimum Gasteiger partial charge on any atom is -0.507 e. The number of rotatable bonds is 4. The van der Waals surface area contributed by atoms with Crippen LogP contribution in [0.3, 0.4) is 0 Å². The van der Waals surface area contributed by atoms with Crippen molar-refractivity contribution in [1.29, 1.82) is 0 Å². The Morgan fingerprint density at radius 3 is 2.55 bits per heavy atom. The SMILES string of the molecule is CN(C(=O)COC(=O)c1cc(Br)ccc1O)c1ccccc1. The topological polar surface area (TPSA) is 66.8 Å². The van der Waals surface area contributed by atoms with Gasteiger partial charge < -0.3 is 14.7 Å². The molecule has 0 fully saturated rings. The molecule has 0 bridgehead atoms. The van der Waals surface area contributed by atoms with Gasteiger partial charge in [-0.1, -0.05) is 34.1 Å². The molecule has 0 aliphatic heterocycles. The van der Waals surface area contributed by atoms with Crippen LogP contribution in [0.15, 0.2) is 53.0 Å². The zero-order valence-corrected chi connectivity index (χ0v) is 13.4. The number of aromatic hydroxyl groups is 1. The summed E-state index contributed by atoms with van der Waals surface area (Å²) in [6.07, 6.45) is 0. The Hall–Kier alpha value is -2.34. The van der Waals surface area contributed by atoms with E-state index in [1.807, 2.05) is 18.2 Å². The van der Waals surface area contributed by atoms with Crippen molar-refractivity contribution in [1.82, 2.24) is 0 Å². The zero-order chi connectivity index (χ0) is 16.1. The second kappa shape index (κ2) is 7.09. The van der Waals surface area contributed by atoms with Crippen LogP contribution in [0.1, 0.15) is 10.4 Å². The monoisotopic (exact) mass is 363 g/mol. The molecule has 2 aromatic carbocycles. The number of likely N-dealkylation sites (N-methyl/N-ethyl adjacent to an activating group) is 1. The van der Waals surface area contributed by atoms with Gasteiger partial charge in [-0.05, 0) is 30.3 Å². The number of para-hydroxylation sites is 1. The van der Waals surface area contributed by atoms with Crippen LogP contribution < -0.4 is 4.90 Å². The van der Waals surface area contributed by atoms with Gasteiger partial charge in [0.1, 0.15) is 11.3 Å². The zero-order valence-electron chi connectivity index (χ0n) is 11.8. The van der Waals surface area contributed by atoms with Crippen LogP contribution in [0.25, 0.3) is 0 Å². The molecule has 0 radical (unpaired) electrons. The Morgan fingerprint density at radius 1 is 1.18 bits per heavy atom. The molecule has 0 aliphatic carbocycles. The first-order valence-corrected chi connectivity index (χ1v) is 7.25. The Labute approximate surface area is 136 Å². The van der Waals surface area contributed by atoms with E-state index in [2.05, 4.69) is 15.9 Å². The van der Waals surface area contributed by atoms with Crippen molar-refractivity contribution in [2.75, 3.05) is 18.6 Å². The van der Waals surface area contributed by atoms with Gasteiger partial charge in [0, 0.05) is 17.2 Å². The summed E-state index contributed by atoms with van der Waals surface area (Å²) in [4.78, 5) is 25.3. The lowest BCUT2D eigenvalue weighted by Crippen LogP contribution is -2.31. The number of phenolic OH excluding ortho intramolecular Hbond substituents is 1. The molecule has 5 nitrogen and oxygen atoms in total. The summed E-state index contributed by atoms with van der Waals surface area (Å²) in [7, 11) is 1.60. The number of phenols is 1. The fourth-order valence-electron chi connectivity index (χ4n) is 1.77. The molecule has 6 heteroatoms. The maximum absolute atomic E-state index is 12.0. The predicted molar refractivity (Wildman–Crippen MR) is 85.9 cm³/mol. The molecule has 0 saturated carbocycles. The van der Waals surface area contributed by atoms with E-state index in [0.717, 1.165) is 0 Å². The lowest BCUT2D eigenvalue weighted by atomic mass is 10.2. The number of halogens is 1. The number of carbonyl (C=O) groups excluding carboxylic acids is 2. The fourth-order valence-corrected chi connectivity index (χ4v) is 2.13. The Morgan fingerprint density at radius 2 is 1.86 bits per heavy atom. The second-order valence-electron chi connectivity index (χ2n) is 4.53. The van der Waals surface area contributed by atoms with E-state index >= 15 is 0 Å². The van der Waals surface area contributed by atoms with Crippen LogP contribution >= 0.6 is 15.9 Å². The van der Waals surface area contributed by atoms with Crippen molar-refractivity contribution >= 4 is 33.5 Å². The number of carbonyl (C=O) groups is 2. The first-order valence-electron chi connectivity index (χ1n) is 6.46. The first kappa shape index (κ1) is 16.0. The van der Waals surface area contributed by atoms with Crippen molar-refractivity contribution in [3.63, 3.8) is 0 Å². The molecular weight excluding hydrogens is 350 g/mol. The van der Waals surface area contributed by atoms with Gasteiger partial charge >= 0.3 is 5.97 Å². The van der Waals surface area contributed by atoms with Gasteiger partial charge in [0.15, 0.2) is 6.61 Å². The highest BCUT2D eigenvalue weighted by atomic mass is 79.9. The van der Waals surface area contributed by atoms with E-state index in [1.54, 1.807) is 25.2 Å². The first-order chi connectivity index (χ1) is 10.5. The van der Waals surface area contributed by atoms with Crippen LogP contribution in [-0.4, -0.2) is 30.6 Å². The minimum atomic E-state index is -0.756. The van der Waals surface area contributed by atoms with Gasteiger partial charge in [0.2, 0.25) is 0 Å². The number of benzene rings is 2. The maximum atomic E-state index is 12.0. The van der Waals surface area contributed by atoms with Crippen molar-refractivity contribution < 1.29 is 19.4 Å². The van der Waals surface area contributed by atoms with E-state index in [1.165, 1.54) is 17.0 Å². The summed E-state index contributed by atoms with van der Waals surface area (Å²) in [6.45, 7) is -0.407. The molecule has 114 valence electrons. The molecule has 22 heavy (non-hydrogen) atoms. The Bertz CT molecular complexity index is 688. The van der Waals surface area contributed by atoms with Crippen molar-refractivity contribution in [3.05, 3.63) is 58.6 Å². The van der Waals surface area contributed by atoms with Gasteiger partial charge in [-0.3, -0.25) is 4.79 Å². The smallest absolute Gasteiger partial charge is 0.342 e. The number of hydrogen-bond donors (Lipinski definition) is 1. The van der Waals surface area contributed by atoms with E-state index < -0.39 is 12.6 Å². The van der Waals surface area contributed by atoms with Gasteiger partial charge in [0.25, 0.3) is 5.91 Å². The highest BCUT2D eigenvalue weighted by Crippen LogP contribution is 2.22. The average Bonchev–Trinajstić information content (AvgIpc) is 2.54. The Balaban J connectivity index is 1.99. The highest BCUT2D eigenvalue weighted by molar-refractivity contribution is 9.10. The lowest BCUT2D eigenvalue weighted by Gasteiger charge is -2.17. The summed E-state index contributed by atoms with van der Waals surface area (Å²) in [5, 5.41) is 9.64. The molecule has 0 aromatic heterocycles. The van der Waals surface area contributed by atoms with Crippen molar-refractivity contribution in [3.8, 4) is 5.75 Å². The van der Waals surface area contributed by atoms with Gasteiger partial charge in [-0.2, -0.15) is 0 Å². The van der Waals surface area contributed by atoms with Crippen molar-refractivity contribution in [2.24, 2.45) is 0 Å². The normalized spacial score (nSPS) is 10.1. The molecule has 2 aromatic rings. The number of nitrogens with zero attached hydrogens (tertiary/aromatic N) is 1. The molecule has 2 rings (SSSR count). The Kier molecular flexibility index (Phi) is 5.16. The molecule has 0 spiro atoms. The van der Waals surface area contributed by atoms with Crippen LogP contribution in [0.4, 0.5) is 5.69 Å². The molecule has 1 amide bonds. The molecule has 1 N–H and O–H groups in total. The van der Waals surface area contributed by atoms with Crippen LogP contribution in [0.5, 0.6) is 5.75 Å². The minimum absolute atomic E-state index is 0.00420. The number of amides is 1. The standard InChI is InChI=1S/C16H14BrNO4/c1-18(12-5-3-2-4-6-12)15(20)10-22-16(21)13-9-11(17)7-8-14(13)19/h2-9,19H,10H2,1H3. The molecule has 0 aliphatic rings. The summed E-state index contributed by atoms with van der Waals surface area (Å²) < 4.78 is 5.59. The van der Waals surface area contributed by atoms with E-state index in [4.69, 9.17) is 4.74 Å². The largest absolute Gasteiger partial charge is 0.507 e. The third kappa shape index (κ3) is 3.85. The van der Waals surface area contributed by atoms with Crippen LogP contribution in [-0.2, 0) is 9.53 Å². The maximum Gasteiger partial charge on any atom is 0.342 e. The summed E-state index contributed by atoms with van der Waals surface area (Å²) >= 11 is 3.20. The summed E-state index contributed by atoms with van der Waals surface area (Å²) in [5.41, 5.74) is 0.707. The van der Waals surface area contributed by atoms with E-state index in [-0.39, 0.29) is 17.2 Å². The third-order valence-electron chi connectivity index (χ3n) is 3.02. The lowest BCUT2D eigenvalue weighted by molar-refractivity contribution is -0.121. The van der Waals surface area contributed by atoms with Gasteiger partial charge in [0.05, 0.1) is 0 Å². The third-order valence-corrected chi connectivity index (χ3v) is 3.52. The summed E-state index contributed by atoms with van der Waals surface area (Å²) in [5.74, 6) is -1.32. The highest BCUT2D eigenvalue weighted by Gasteiger charge is 2.17. The molecule has 0 atom stereocenters. The van der Waals surface area contributed by atoms with Crippen LogP contribution in [0, 0.1) is 0 Å². The van der Waals surface area contributed by atoms with Gasteiger partial charge in [-0.15, -0.1) is 0 Å². The second-order valence-corrected chi connectivity index (χ2v) is 5.44. The fraction of sp³-hybridized carbons (Fsp3) is 0.125. The molecular formula is C16H14BrNO4. The molecule has 0 unspecified atom stereocenters. The molecule has 0 saturated heterocycles. The van der Waals surface area contributed by atoms with E-state index in [9.17, 15) is 14.7 Å². The van der Waals surface area contributed by atoms with Gasteiger partial charge in [-0.25, -0.2) is 4.79 Å². The number of esters is 1. The molecule has 0 heterocycles.